The van der Waals surface area contributed by atoms with Crippen LogP contribution in [0.1, 0.15) is 5.82 Å². The highest BCUT2D eigenvalue weighted by Crippen LogP contribution is 2.17. The average Bonchev–Trinajstić information content (AvgIpc) is 3.09. The quantitative estimate of drug-likeness (QED) is 0.806. The van der Waals surface area contributed by atoms with Gasteiger partial charge in [0.25, 0.3) is 0 Å². The van der Waals surface area contributed by atoms with Crippen molar-refractivity contribution in [3.63, 3.8) is 0 Å². The number of amides is 1. The number of carbonyl (C=O) groups is 1. The first kappa shape index (κ1) is 15.4. The number of piperazine rings is 1. The number of hydrogen-bond donors (Lipinski definition) is 0. The van der Waals surface area contributed by atoms with Gasteiger partial charge in [0.05, 0.1) is 0 Å². The van der Waals surface area contributed by atoms with Gasteiger partial charge in [-0.1, -0.05) is 0 Å². The number of hydrogen-bond acceptors (Lipinski definition) is 6. The van der Waals surface area contributed by atoms with Crippen LogP contribution in [0.15, 0.2) is 24.8 Å². The van der Waals surface area contributed by atoms with E-state index < -0.39 is 0 Å². The molecule has 1 amide bonds. The molecule has 0 spiro atoms. The molecule has 2 aromatic rings. The molecule has 0 unspecified atom stereocenters. The predicted molar refractivity (Wildman–Crippen MR) is 84.6 cm³/mol. The van der Waals surface area contributed by atoms with Gasteiger partial charge in [0, 0.05) is 51.7 Å². The van der Waals surface area contributed by atoms with E-state index in [-0.39, 0.29) is 12.5 Å². The van der Waals surface area contributed by atoms with Crippen LogP contribution in [0.5, 0.6) is 0 Å². The molecule has 3 heterocycles. The highest BCUT2D eigenvalue weighted by molar-refractivity contribution is 5.77. The minimum atomic E-state index is 0.0325. The second-order valence-electron chi connectivity index (χ2n) is 5.40. The van der Waals surface area contributed by atoms with Crippen molar-refractivity contribution >= 4 is 11.7 Å². The van der Waals surface area contributed by atoms with E-state index in [0.29, 0.717) is 18.9 Å². The SMILES string of the molecule is COCC(=O)N1CCN(c2cc(-n3ccnc3)nc(C)n2)CC1. The summed E-state index contributed by atoms with van der Waals surface area (Å²) in [5.41, 5.74) is 0. The van der Waals surface area contributed by atoms with E-state index in [1.54, 1.807) is 12.5 Å². The fraction of sp³-hybridized carbons (Fsp3) is 0.467. The van der Waals surface area contributed by atoms with E-state index in [4.69, 9.17) is 4.74 Å². The molecular formula is C15H20N6O2. The fourth-order valence-electron chi connectivity index (χ4n) is 2.63. The smallest absolute Gasteiger partial charge is 0.248 e. The number of carbonyl (C=O) groups excluding carboxylic acids is 1. The highest BCUT2D eigenvalue weighted by atomic mass is 16.5. The molecule has 1 fully saturated rings. The van der Waals surface area contributed by atoms with Gasteiger partial charge in [0.2, 0.25) is 5.91 Å². The van der Waals surface area contributed by atoms with Crippen LogP contribution < -0.4 is 4.90 Å². The summed E-state index contributed by atoms with van der Waals surface area (Å²) in [7, 11) is 1.54. The molecule has 0 N–H and O–H groups in total. The maximum Gasteiger partial charge on any atom is 0.248 e. The number of aryl methyl sites for hydroxylation is 1. The van der Waals surface area contributed by atoms with Crippen molar-refractivity contribution in [3.05, 3.63) is 30.6 Å². The summed E-state index contributed by atoms with van der Waals surface area (Å²) in [6.45, 7) is 4.85. The third-order valence-corrected chi connectivity index (χ3v) is 3.80. The molecule has 2 aromatic heterocycles. The Hall–Kier alpha value is -2.48. The first-order chi connectivity index (χ1) is 11.2. The van der Waals surface area contributed by atoms with Crippen LogP contribution in [0.2, 0.25) is 0 Å². The van der Waals surface area contributed by atoms with Gasteiger partial charge in [-0.2, -0.15) is 0 Å². The molecule has 23 heavy (non-hydrogen) atoms. The standard InChI is InChI=1S/C15H20N6O2/c1-12-17-13(9-14(18-12)21-4-3-16-11-21)19-5-7-20(8-6-19)15(22)10-23-2/h3-4,9,11H,5-8,10H2,1-2H3. The Morgan fingerprint density at radius 2 is 1.96 bits per heavy atom. The molecule has 0 aromatic carbocycles. The topological polar surface area (TPSA) is 76.4 Å². The summed E-state index contributed by atoms with van der Waals surface area (Å²) in [5.74, 6) is 2.41. The predicted octanol–water partition coefficient (Wildman–Crippen LogP) is 0.266. The molecule has 1 saturated heterocycles. The van der Waals surface area contributed by atoms with Gasteiger partial charge < -0.3 is 14.5 Å². The molecule has 0 aliphatic carbocycles. The Morgan fingerprint density at radius 3 is 2.61 bits per heavy atom. The van der Waals surface area contributed by atoms with Crippen LogP contribution in [0, 0.1) is 6.92 Å². The maximum atomic E-state index is 11.9. The van der Waals surface area contributed by atoms with Crippen molar-refractivity contribution in [2.45, 2.75) is 6.92 Å². The van der Waals surface area contributed by atoms with Gasteiger partial charge in [0.15, 0.2) is 0 Å². The van der Waals surface area contributed by atoms with Crippen molar-refractivity contribution < 1.29 is 9.53 Å². The van der Waals surface area contributed by atoms with Crippen LogP contribution in [-0.4, -0.2) is 70.2 Å². The Labute approximate surface area is 134 Å². The van der Waals surface area contributed by atoms with Gasteiger partial charge in [0.1, 0.15) is 30.4 Å². The van der Waals surface area contributed by atoms with Gasteiger partial charge in [-0.3, -0.25) is 9.36 Å². The molecule has 8 heteroatoms. The minimum Gasteiger partial charge on any atom is -0.375 e. The zero-order valence-electron chi connectivity index (χ0n) is 13.3. The summed E-state index contributed by atoms with van der Waals surface area (Å²) in [6.07, 6.45) is 5.29. The molecular weight excluding hydrogens is 296 g/mol. The van der Waals surface area contributed by atoms with Crippen molar-refractivity contribution in [2.75, 3.05) is 44.8 Å². The van der Waals surface area contributed by atoms with Crippen molar-refractivity contribution in [2.24, 2.45) is 0 Å². The summed E-state index contributed by atoms with van der Waals surface area (Å²) in [4.78, 5) is 28.9. The van der Waals surface area contributed by atoms with Crippen LogP contribution in [-0.2, 0) is 9.53 Å². The Bertz CT molecular complexity index is 665. The molecule has 0 saturated carbocycles. The lowest BCUT2D eigenvalue weighted by atomic mass is 10.3. The van der Waals surface area contributed by atoms with Crippen LogP contribution in [0.4, 0.5) is 5.82 Å². The van der Waals surface area contributed by atoms with Gasteiger partial charge in [-0.05, 0) is 6.92 Å². The van der Waals surface area contributed by atoms with E-state index >= 15 is 0 Å². The van der Waals surface area contributed by atoms with E-state index in [2.05, 4.69) is 19.9 Å². The van der Waals surface area contributed by atoms with E-state index in [1.165, 1.54) is 7.11 Å². The molecule has 122 valence electrons. The molecule has 3 rings (SSSR count). The second-order valence-corrected chi connectivity index (χ2v) is 5.40. The Kier molecular flexibility index (Phi) is 4.52. The van der Waals surface area contributed by atoms with Crippen LogP contribution in [0.3, 0.4) is 0 Å². The van der Waals surface area contributed by atoms with Crippen molar-refractivity contribution in [1.82, 2.24) is 24.4 Å². The lowest BCUT2D eigenvalue weighted by molar-refractivity contribution is -0.135. The summed E-state index contributed by atoms with van der Waals surface area (Å²) in [6, 6.07) is 1.95. The first-order valence-electron chi connectivity index (χ1n) is 7.53. The highest BCUT2D eigenvalue weighted by Gasteiger charge is 2.22. The molecule has 1 aliphatic rings. The number of rotatable bonds is 4. The zero-order valence-corrected chi connectivity index (χ0v) is 13.3. The number of imidazole rings is 1. The normalized spacial score (nSPS) is 15.0. The summed E-state index contributed by atoms with van der Waals surface area (Å²) < 4.78 is 6.76. The molecule has 0 atom stereocenters. The summed E-state index contributed by atoms with van der Waals surface area (Å²) >= 11 is 0. The molecule has 0 radical (unpaired) electrons. The fourth-order valence-corrected chi connectivity index (χ4v) is 2.63. The average molecular weight is 316 g/mol. The van der Waals surface area contributed by atoms with E-state index in [0.717, 1.165) is 24.7 Å². The third kappa shape index (κ3) is 3.48. The summed E-state index contributed by atoms with van der Waals surface area (Å²) in [5, 5.41) is 0. The minimum absolute atomic E-state index is 0.0325. The van der Waals surface area contributed by atoms with Gasteiger partial charge >= 0.3 is 0 Å². The van der Waals surface area contributed by atoms with E-state index in [9.17, 15) is 4.79 Å². The van der Waals surface area contributed by atoms with Crippen molar-refractivity contribution in [3.8, 4) is 5.82 Å². The molecule has 8 nitrogen and oxygen atoms in total. The lowest BCUT2D eigenvalue weighted by Gasteiger charge is -2.35. The Balaban J connectivity index is 1.72. The van der Waals surface area contributed by atoms with Crippen molar-refractivity contribution in [1.29, 1.82) is 0 Å². The van der Waals surface area contributed by atoms with Gasteiger partial charge in [-0.25, -0.2) is 15.0 Å². The first-order valence-corrected chi connectivity index (χ1v) is 7.53. The number of nitrogens with zero attached hydrogens (tertiary/aromatic N) is 6. The number of ether oxygens (including phenoxy) is 1. The number of methoxy groups -OCH3 is 1. The number of aromatic nitrogens is 4. The van der Waals surface area contributed by atoms with Crippen LogP contribution >= 0.6 is 0 Å². The lowest BCUT2D eigenvalue weighted by Crippen LogP contribution is -2.50. The second kappa shape index (κ2) is 6.74. The Morgan fingerprint density at radius 1 is 1.22 bits per heavy atom. The molecule has 1 aliphatic heterocycles. The molecule has 0 bridgehead atoms. The third-order valence-electron chi connectivity index (χ3n) is 3.80. The van der Waals surface area contributed by atoms with Crippen LogP contribution in [0.25, 0.3) is 5.82 Å². The monoisotopic (exact) mass is 316 g/mol. The largest absolute Gasteiger partial charge is 0.375 e. The number of anilines is 1. The maximum absolute atomic E-state index is 11.9. The zero-order chi connectivity index (χ0) is 16.2. The van der Waals surface area contributed by atoms with E-state index in [1.807, 2.05) is 28.7 Å². The van der Waals surface area contributed by atoms with Gasteiger partial charge in [-0.15, -0.1) is 0 Å².